The van der Waals surface area contributed by atoms with Gasteiger partial charge in [-0.1, -0.05) is 39.3 Å². The molecule has 3 N–H and O–H groups in total. The maximum absolute atomic E-state index is 12.6. The molecule has 148 valence electrons. The van der Waals surface area contributed by atoms with E-state index in [1.165, 1.54) is 4.57 Å². The fourth-order valence-electron chi connectivity index (χ4n) is 3.04. The summed E-state index contributed by atoms with van der Waals surface area (Å²) in [5.74, 6) is 1.21. The number of H-pyrrole nitrogens is 1. The second-order valence-corrected chi connectivity index (χ2v) is 7.12. The molecule has 0 spiro atoms. The zero-order valence-corrected chi connectivity index (χ0v) is 16.6. The molecular weight excluding hydrogens is 344 g/mol. The summed E-state index contributed by atoms with van der Waals surface area (Å²) in [5.41, 5.74) is 6.74. The van der Waals surface area contributed by atoms with Gasteiger partial charge in [0, 0.05) is 19.6 Å². The number of nitrogens with two attached hydrogens (primary N) is 1. The summed E-state index contributed by atoms with van der Waals surface area (Å²) < 4.78 is 6.74. The molecule has 2 aromatic rings. The van der Waals surface area contributed by atoms with Crippen LogP contribution in [0.2, 0.25) is 0 Å². The van der Waals surface area contributed by atoms with Crippen LogP contribution in [0.5, 0.6) is 5.75 Å². The van der Waals surface area contributed by atoms with Crippen LogP contribution in [0.15, 0.2) is 33.9 Å². The lowest BCUT2D eigenvalue weighted by atomic mass is 10.1. The number of nitrogens with one attached hydrogen (secondary N) is 1. The van der Waals surface area contributed by atoms with Crippen molar-refractivity contribution in [1.29, 1.82) is 0 Å². The lowest BCUT2D eigenvalue weighted by Gasteiger charge is -2.26. The number of hydrogen-bond acceptors (Lipinski definition) is 5. The SMILES string of the molecule is CCCCN(Cc1cccc(OC)c1)c1c(N)n(CC(C)C)c(=O)[nH]c1=O. The fourth-order valence-corrected chi connectivity index (χ4v) is 3.04. The molecule has 1 aromatic carbocycles. The Morgan fingerprint density at radius 1 is 1.30 bits per heavy atom. The third-order valence-corrected chi connectivity index (χ3v) is 4.37. The van der Waals surface area contributed by atoms with Crippen molar-refractivity contribution in [1.82, 2.24) is 9.55 Å². The Labute approximate surface area is 159 Å². The topological polar surface area (TPSA) is 93.3 Å². The zero-order valence-electron chi connectivity index (χ0n) is 16.6. The summed E-state index contributed by atoms with van der Waals surface area (Å²) in [6, 6.07) is 7.72. The van der Waals surface area contributed by atoms with Crippen molar-refractivity contribution in [2.75, 3.05) is 24.3 Å². The number of rotatable bonds is 9. The molecule has 7 nitrogen and oxygen atoms in total. The van der Waals surface area contributed by atoms with Gasteiger partial charge in [0.2, 0.25) is 0 Å². The minimum Gasteiger partial charge on any atom is -0.497 e. The Morgan fingerprint density at radius 3 is 2.67 bits per heavy atom. The van der Waals surface area contributed by atoms with Crippen molar-refractivity contribution in [2.45, 2.75) is 46.7 Å². The Morgan fingerprint density at radius 2 is 2.04 bits per heavy atom. The Balaban J connectivity index is 2.49. The van der Waals surface area contributed by atoms with E-state index in [-0.39, 0.29) is 11.7 Å². The highest BCUT2D eigenvalue weighted by atomic mass is 16.5. The van der Waals surface area contributed by atoms with E-state index in [1.807, 2.05) is 43.0 Å². The third kappa shape index (κ3) is 5.15. The van der Waals surface area contributed by atoms with E-state index in [2.05, 4.69) is 11.9 Å². The number of aromatic amines is 1. The Kier molecular flexibility index (Phi) is 7.10. The molecule has 27 heavy (non-hydrogen) atoms. The quantitative estimate of drug-likeness (QED) is 0.704. The molecule has 0 aliphatic heterocycles. The molecule has 0 aliphatic carbocycles. The second-order valence-electron chi connectivity index (χ2n) is 7.12. The van der Waals surface area contributed by atoms with Gasteiger partial charge in [-0.25, -0.2) is 4.79 Å². The molecule has 2 rings (SSSR count). The van der Waals surface area contributed by atoms with Crippen molar-refractivity contribution in [2.24, 2.45) is 5.92 Å². The standard InChI is InChI=1S/C20H30N4O3/c1-5-6-10-23(13-15-8-7-9-16(11-15)27-4)17-18(21)24(12-14(2)3)20(26)22-19(17)25/h7-9,11,14H,5-6,10,12-13,21H2,1-4H3,(H,22,25,26). The van der Waals surface area contributed by atoms with Gasteiger partial charge in [-0.2, -0.15) is 0 Å². The van der Waals surface area contributed by atoms with Crippen LogP contribution >= 0.6 is 0 Å². The van der Waals surface area contributed by atoms with Crippen LogP contribution in [0.4, 0.5) is 11.5 Å². The molecule has 0 bridgehead atoms. The van der Waals surface area contributed by atoms with Crippen molar-refractivity contribution in [3.63, 3.8) is 0 Å². The maximum Gasteiger partial charge on any atom is 0.330 e. The molecule has 0 aliphatic rings. The smallest absolute Gasteiger partial charge is 0.330 e. The van der Waals surface area contributed by atoms with Crippen LogP contribution < -0.4 is 26.6 Å². The zero-order chi connectivity index (χ0) is 20.0. The summed E-state index contributed by atoms with van der Waals surface area (Å²) in [7, 11) is 1.62. The molecule has 0 amide bonds. The van der Waals surface area contributed by atoms with Crippen LogP contribution in [0.3, 0.4) is 0 Å². The van der Waals surface area contributed by atoms with Gasteiger partial charge in [-0.05, 0) is 30.0 Å². The second kappa shape index (κ2) is 9.30. The summed E-state index contributed by atoms with van der Waals surface area (Å²) in [6.07, 6.45) is 1.89. The number of aromatic nitrogens is 2. The van der Waals surface area contributed by atoms with E-state index in [0.717, 1.165) is 24.2 Å². The summed E-state index contributed by atoms with van der Waals surface area (Å²) in [6.45, 7) is 7.72. The third-order valence-electron chi connectivity index (χ3n) is 4.37. The fraction of sp³-hybridized carbons (Fsp3) is 0.500. The average molecular weight is 374 g/mol. The number of methoxy groups -OCH3 is 1. The highest BCUT2D eigenvalue weighted by Gasteiger charge is 2.19. The van der Waals surface area contributed by atoms with Gasteiger partial charge in [0.25, 0.3) is 5.56 Å². The van der Waals surface area contributed by atoms with Crippen LogP contribution in [-0.4, -0.2) is 23.2 Å². The van der Waals surface area contributed by atoms with Crippen molar-refractivity contribution in [3.05, 3.63) is 50.7 Å². The molecular formula is C20H30N4O3. The van der Waals surface area contributed by atoms with Crippen molar-refractivity contribution < 1.29 is 4.74 Å². The van der Waals surface area contributed by atoms with E-state index >= 15 is 0 Å². The van der Waals surface area contributed by atoms with E-state index < -0.39 is 11.2 Å². The normalized spacial score (nSPS) is 11.0. The summed E-state index contributed by atoms with van der Waals surface area (Å²) in [5, 5.41) is 0. The number of ether oxygens (including phenoxy) is 1. The molecule has 0 saturated heterocycles. The largest absolute Gasteiger partial charge is 0.497 e. The molecule has 7 heteroatoms. The minimum absolute atomic E-state index is 0.219. The first-order valence-electron chi connectivity index (χ1n) is 9.37. The Bertz CT molecular complexity index is 870. The van der Waals surface area contributed by atoms with Crippen LogP contribution in [0.1, 0.15) is 39.2 Å². The first-order valence-corrected chi connectivity index (χ1v) is 9.37. The van der Waals surface area contributed by atoms with Crippen LogP contribution in [-0.2, 0) is 13.1 Å². The first kappa shape index (κ1) is 20.6. The lowest BCUT2D eigenvalue weighted by molar-refractivity contribution is 0.414. The van der Waals surface area contributed by atoms with Gasteiger partial charge >= 0.3 is 5.69 Å². The minimum atomic E-state index is -0.466. The highest BCUT2D eigenvalue weighted by Crippen LogP contribution is 2.22. The number of nitrogen functional groups attached to an aromatic ring is 1. The van der Waals surface area contributed by atoms with E-state index in [4.69, 9.17) is 10.5 Å². The first-order chi connectivity index (χ1) is 12.9. The number of nitrogens with zero attached hydrogens (tertiary/aromatic N) is 2. The van der Waals surface area contributed by atoms with Gasteiger partial charge in [0.05, 0.1) is 7.11 Å². The number of hydrogen-bond donors (Lipinski definition) is 2. The molecule has 0 saturated carbocycles. The summed E-state index contributed by atoms with van der Waals surface area (Å²) >= 11 is 0. The average Bonchev–Trinajstić information content (AvgIpc) is 2.62. The van der Waals surface area contributed by atoms with Crippen molar-refractivity contribution in [3.8, 4) is 5.75 Å². The number of anilines is 2. The van der Waals surface area contributed by atoms with Gasteiger partial charge in [0.15, 0.2) is 0 Å². The predicted molar refractivity (Wildman–Crippen MR) is 110 cm³/mol. The molecule has 0 unspecified atom stereocenters. The van der Waals surface area contributed by atoms with Gasteiger partial charge in [-0.15, -0.1) is 0 Å². The molecule has 0 radical (unpaired) electrons. The lowest BCUT2D eigenvalue weighted by Crippen LogP contribution is -2.39. The highest BCUT2D eigenvalue weighted by molar-refractivity contribution is 5.62. The van der Waals surface area contributed by atoms with E-state index in [0.29, 0.717) is 25.3 Å². The molecule has 1 heterocycles. The Hall–Kier alpha value is -2.70. The van der Waals surface area contributed by atoms with E-state index in [9.17, 15) is 9.59 Å². The van der Waals surface area contributed by atoms with E-state index in [1.54, 1.807) is 7.11 Å². The van der Waals surface area contributed by atoms with Gasteiger partial charge in [-0.3, -0.25) is 14.3 Å². The maximum atomic E-state index is 12.6. The monoisotopic (exact) mass is 374 g/mol. The number of benzene rings is 1. The molecule has 1 aromatic heterocycles. The molecule has 0 atom stereocenters. The van der Waals surface area contributed by atoms with Crippen LogP contribution in [0.25, 0.3) is 0 Å². The van der Waals surface area contributed by atoms with Gasteiger partial charge in [0.1, 0.15) is 17.3 Å². The molecule has 0 fully saturated rings. The predicted octanol–water partition coefficient (Wildman–Crippen LogP) is 2.59. The van der Waals surface area contributed by atoms with Crippen LogP contribution in [0, 0.1) is 5.92 Å². The summed E-state index contributed by atoms with van der Waals surface area (Å²) in [4.78, 5) is 29.2. The van der Waals surface area contributed by atoms with Crippen molar-refractivity contribution >= 4 is 11.5 Å². The van der Waals surface area contributed by atoms with Gasteiger partial charge < -0.3 is 15.4 Å². The number of unbranched alkanes of at least 4 members (excludes halogenated alkanes) is 1.